The Morgan fingerprint density at radius 3 is 2.89 bits per heavy atom. The van der Waals surface area contributed by atoms with Gasteiger partial charge in [-0.2, -0.15) is 0 Å². The average Bonchev–Trinajstić information content (AvgIpc) is 2.91. The number of nitrogens with one attached hydrogen (secondary N) is 1. The summed E-state index contributed by atoms with van der Waals surface area (Å²) < 4.78 is 5.59. The minimum atomic E-state index is -0.202. The Morgan fingerprint density at radius 1 is 1.47 bits per heavy atom. The largest absolute Gasteiger partial charge is 0.399 e. The summed E-state index contributed by atoms with van der Waals surface area (Å²) in [6.45, 7) is 4.70. The van der Waals surface area contributed by atoms with Crippen molar-refractivity contribution < 1.29 is 9.53 Å². The first-order chi connectivity index (χ1) is 9.08. The van der Waals surface area contributed by atoms with Crippen LogP contribution >= 0.6 is 0 Å². The summed E-state index contributed by atoms with van der Waals surface area (Å²) in [4.78, 5) is 12.2. The molecule has 2 rings (SSSR count). The minimum absolute atomic E-state index is 0.0219. The molecule has 19 heavy (non-hydrogen) atoms. The van der Waals surface area contributed by atoms with E-state index < -0.39 is 0 Å². The molecule has 4 nitrogen and oxygen atoms in total. The van der Waals surface area contributed by atoms with Gasteiger partial charge in [-0.25, -0.2) is 0 Å². The van der Waals surface area contributed by atoms with Crippen LogP contribution in [0.3, 0.4) is 0 Å². The van der Waals surface area contributed by atoms with E-state index in [0.29, 0.717) is 5.69 Å². The second-order valence-corrected chi connectivity index (χ2v) is 5.24. The summed E-state index contributed by atoms with van der Waals surface area (Å²) in [5, 5.41) is 3.03. The maximum Gasteiger partial charge on any atom is 0.227 e. The van der Waals surface area contributed by atoms with E-state index in [-0.39, 0.29) is 24.0 Å². The Kier molecular flexibility index (Phi) is 4.43. The lowest BCUT2D eigenvalue weighted by Gasteiger charge is -2.22. The highest BCUT2D eigenvalue weighted by Gasteiger charge is 2.25. The molecule has 1 aliphatic rings. The molecule has 0 saturated carbocycles. The van der Waals surface area contributed by atoms with Crippen LogP contribution in [0, 0.1) is 0 Å². The SMILES string of the molecule is CC(C(=O)NC(C)C1CCCO1)c1cccc(N)c1. The van der Waals surface area contributed by atoms with Crippen molar-refractivity contribution in [2.75, 3.05) is 12.3 Å². The van der Waals surface area contributed by atoms with Crippen molar-refractivity contribution in [3.63, 3.8) is 0 Å². The smallest absolute Gasteiger partial charge is 0.227 e. The highest BCUT2D eigenvalue weighted by atomic mass is 16.5. The van der Waals surface area contributed by atoms with Crippen LogP contribution < -0.4 is 11.1 Å². The van der Waals surface area contributed by atoms with E-state index in [1.54, 1.807) is 0 Å². The quantitative estimate of drug-likeness (QED) is 0.816. The van der Waals surface area contributed by atoms with Gasteiger partial charge in [-0.1, -0.05) is 12.1 Å². The van der Waals surface area contributed by atoms with Crippen molar-refractivity contribution in [3.8, 4) is 0 Å². The Morgan fingerprint density at radius 2 is 2.26 bits per heavy atom. The summed E-state index contributed by atoms with van der Waals surface area (Å²) in [5.74, 6) is -0.180. The summed E-state index contributed by atoms with van der Waals surface area (Å²) in [5.41, 5.74) is 7.37. The van der Waals surface area contributed by atoms with E-state index in [9.17, 15) is 4.79 Å². The molecule has 1 saturated heterocycles. The third-order valence-corrected chi connectivity index (χ3v) is 3.70. The number of rotatable bonds is 4. The minimum Gasteiger partial charge on any atom is -0.399 e. The Balaban J connectivity index is 1.95. The third-order valence-electron chi connectivity index (χ3n) is 3.70. The fraction of sp³-hybridized carbons (Fsp3) is 0.533. The van der Waals surface area contributed by atoms with Crippen LogP contribution in [0.2, 0.25) is 0 Å². The molecule has 0 spiro atoms. The van der Waals surface area contributed by atoms with E-state index in [0.717, 1.165) is 25.0 Å². The van der Waals surface area contributed by atoms with Crippen molar-refractivity contribution in [2.45, 2.75) is 44.8 Å². The van der Waals surface area contributed by atoms with Gasteiger partial charge in [0.15, 0.2) is 0 Å². The molecule has 3 unspecified atom stereocenters. The van der Waals surface area contributed by atoms with Gasteiger partial charge in [-0.15, -0.1) is 0 Å². The lowest BCUT2D eigenvalue weighted by atomic mass is 9.99. The summed E-state index contributed by atoms with van der Waals surface area (Å²) in [7, 11) is 0. The normalized spacial score (nSPS) is 21.9. The zero-order chi connectivity index (χ0) is 13.8. The molecule has 0 bridgehead atoms. The van der Waals surface area contributed by atoms with E-state index >= 15 is 0 Å². The van der Waals surface area contributed by atoms with Crippen LogP contribution in [0.15, 0.2) is 24.3 Å². The van der Waals surface area contributed by atoms with Gasteiger partial charge < -0.3 is 15.8 Å². The summed E-state index contributed by atoms with van der Waals surface area (Å²) in [6.07, 6.45) is 2.25. The third kappa shape index (κ3) is 3.47. The highest BCUT2D eigenvalue weighted by molar-refractivity contribution is 5.83. The number of carbonyl (C=O) groups is 1. The molecular weight excluding hydrogens is 240 g/mol. The van der Waals surface area contributed by atoms with Gasteiger partial charge in [0.25, 0.3) is 0 Å². The summed E-state index contributed by atoms with van der Waals surface area (Å²) in [6, 6.07) is 7.53. The van der Waals surface area contributed by atoms with Crippen molar-refractivity contribution in [3.05, 3.63) is 29.8 Å². The van der Waals surface area contributed by atoms with Crippen molar-refractivity contribution in [2.24, 2.45) is 0 Å². The number of nitrogen functional groups attached to an aromatic ring is 1. The number of ether oxygens (including phenoxy) is 1. The first kappa shape index (κ1) is 13.9. The zero-order valence-corrected chi connectivity index (χ0v) is 11.6. The van der Waals surface area contributed by atoms with Crippen LogP contribution in [0.1, 0.15) is 38.2 Å². The Labute approximate surface area is 114 Å². The van der Waals surface area contributed by atoms with E-state index in [2.05, 4.69) is 5.32 Å². The molecule has 3 N–H and O–H groups in total. The molecule has 0 aliphatic carbocycles. The molecule has 104 valence electrons. The topological polar surface area (TPSA) is 64.3 Å². The molecule has 1 fully saturated rings. The zero-order valence-electron chi connectivity index (χ0n) is 11.6. The van der Waals surface area contributed by atoms with Gasteiger partial charge in [0, 0.05) is 12.3 Å². The standard InChI is InChI=1S/C15H22N2O2/c1-10(12-5-3-6-13(16)9-12)15(18)17-11(2)14-7-4-8-19-14/h3,5-6,9-11,14H,4,7-8,16H2,1-2H3,(H,17,18). The molecular formula is C15H22N2O2. The number of anilines is 1. The first-order valence-electron chi connectivity index (χ1n) is 6.85. The van der Waals surface area contributed by atoms with Crippen LogP contribution in [0.25, 0.3) is 0 Å². The summed E-state index contributed by atoms with van der Waals surface area (Å²) >= 11 is 0. The number of hydrogen-bond donors (Lipinski definition) is 2. The molecule has 1 aliphatic heterocycles. The molecule has 4 heteroatoms. The predicted octanol–water partition coefficient (Wildman–Crippen LogP) is 2.06. The molecule has 3 atom stereocenters. The Bertz CT molecular complexity index is 442. The predicted molar refractivity (Wildman–Crippen MR) is 75.8 cm³/mol. The fourth-order valence-corrected chi connectivity index (χ4v) is 2.42. The van der Waals surface area contributed by atoms with Crippen LogP contribution in [0.4, 0.5) is 5.69 Å². The van der Waals surface area contributed by atoms with E-state index in [1.165, 1.54) is 0 Å². The maximum atomic E-state index is 12.2. The number of nitrogens with two attached hydrogens (primary N) is 1. The monoisotopic (exact) mass is 262 g/mol. The lowest BCUT2D eigenvalue weighted by Crippen LogP contribution is -2.42. The second-order valence-electron chi connectivity index (χ2n) is 5.24. The maximum absolute atomic E-state index is 12.2. The second kappa shape index (κ2) is 6.06. The van der Waals surface area contributed by atoms with Crippen molar-refractivity contribution in [1.82, 2.24) is 5.32 Å². The van der Waals surface area contributed by atoms with Crippen LogP contribution in [-0.2, 0) is 9.53 Å². The van der Waals surface area contributed by atoms with Gasteiger partial charge in [0.1, 0.15) is 0 Å². The van der Waals surface area contributed by atoms with Gasteiger partial charge in [-0.05, 0) is 44.4 Å². The Hall–Kier alpha value is -1.55. The van der Waals surface area contributed by atoms with Crippen molar-refractivity contribution in [1.29, 1.82) is 0 Å². The number of benzene rings is 1. The number of hydrogen-bond acceptors (Lipinski definition) is 3. The molecule has 1 aromatic carbocycles. The fourth-order valence-electron chi connectivity index (χ4n) is 2.42. The molecule has 0 aromatic heterocycles. The van der Waals surface area contributed by atoms with Crippen LogP contribution in [0.5, 0.6) is 0 Å². The van der Waals surface area contributed by atoms with Gasteiger partial charge in [0.2, 0.25) is 5.91 Å². The first-order valence-corrected chi connectivity index (χ1v) is 6.85. The molecule has 0 radical (unpaired) electrons. The molecule has 1 amide bonds. The van der Waals surface area contributed by atoms with Gasteiger partial charge in [0.05, 0.1) is 18.1 Å². The molecule has 1 aromatic rings. The van der Waals surface area contributed by atoms with E-state index in [1.807, 2.05) is 38.1 Å². The average molecular weight is 262 g/mol. The van der Waals surface area contributed by atoms with E-state index in [4.69, 9.17) is 10.5 Å². The van der Waals surface area contributed by atoms with Gasteiger partial charge in [-0.3, -0.25) is 4.79 Å². The lowest BCUT2D eigenvalue weighted by molar-refractivity contribution is -0.123. The van der Waals surface area contributed by atoms with Crippen molar-refractivity contribution >= 4 is 11.6 Å². The van der Waals surface area contributed by atoms with Crippen LogP contribution in [-0.4, -0.2) is 24.7 Å². The highest BCUT2D eigenvalue weighted by Crippen LogP contribution is 2.20. The van der Waals surface area contributed by atoms with Gasteiger partial charge >= 0.3 is 0 Å². The molecule has 1 heterocycles. The number of carbonyl (C=O) groups excluding carboxylic acids is 1. The number of amides is 1.